The summed E-state index contributed by atoms with van der Waals surface area (Å²) in [5.74, 6) is -1.10. The molecule has 1 N–H and O–H groups in total. The molecular weight excluding hydrogens is 373 g/mol. The standard InChI is InChI=1S/C22H22FN3O3/c1-14(27)25-8-7-16-10-19(5-6-20(16)25)26-13-17(11-21(26)28)22(29)24-12-15-3-2-4-18(23)9-15/h2-6,9-10,17H,7-8,11-13H2,1H3,(H,24,29). The van der Waals surface area contributed by atoms with Crippen molar-refractivity contribution < 1.29 is 18.8 Å². The van der Waals surface area contributed by atoms with Crippen LogP contribution in [0.3, 0.4) is 0 Å². The quantitative estimate of drug-likeness (QED) is 0.864. The highest BCUT2D eigenvalue weighted by Crippen LogP contribution is 2.34. The van der Waals surface area contributed by atoms with Crippen LogP contribution >= 0.6 is 0 Å². The minimum absolute atomic E-state index is 0.00350. The zero-order chi connectivity index (χ0) is 20.5. The van der Waals surface area contributed by atoms with Crippen LogP contribution in [0.15, 0.2) is 42.5 Å². The molecule has 4 rings (SSSR count). The Morgan fingerprint density at radius 3 is 2.79 bits per heavy atom. The summed E-state index contributed by atoms with van der Waals surface area (Å²) in [5, 5.41) is 2.79. The van der Waals surface area contributed by atoms with E-state index >= 15 is 0 Å². The lowest BCUT2D eigenvalue weighted by atomic mass is 10.1. The van der Waals surface area contributed by atoms with Crippen LogP contribution in [0.5, 0.6) is 0 Å². The first-order chi connectivity index (χ1) is 13.9. The fraction of sp³-hybridized carbons (Fsp3) is 0.318. The average molecular weight is 395 g/mol. The summed E-state index contributed by atoms with van der Waals surface area (Å²) in [6, 6.07) is 11.7. The van der Waals surface area contributed by atoms with Gasteiger partial charge in [-0.2, -0.15) is 0 Å². The van der Waals surface area contributed by atoms with Crippen molar-refractivity contribution in [2.24, 2.45) is 5.92 Å². The van der Waals surface area contributed by atoms with Gasteiger partial charge in [0.25, 0.3) is 0 Å². The number of halogens is 1. The van der Waals surface area contributed by atoms with Crippen LogP contribution in [0.25, 0.3) is 0 Å². The summed E-state index contributed by atoms with van der Waals surface area (Å²) < 4.78 is 13.3. The van der Waals surface area contributed by atoms with Crippen molar-refractivity contribution in [3.05, 3.63) is 59.4 Å². The van der Waals surface area contributed by atoms with E-state index in [1.807, 2.05) is 18.2 Å². The van der Waals surface area contributed by atoms with Crippen LogP contribution in [0.4, 0.5) is 15.8 Å². The molecule has 0 aromatic heterocycles. The highest BCUT2D eigenvalue weighted by molar-refractivity contribution is 6.01. The second kappa shape index (κ2) is 7.66. The minimum atomic E-state index is -0.446. The first-order valence-corrected chi connectivity index (χ1v) is 9.66. The summed E-state index contributed by atoms with van der Waals surface area (Å²) in [7, 11) is 0. The van der Waals surface area contributed by atoms with Crippen molar-refractivity contribution in [1.29, 1.82) is 0 Å². The summed E-state index contributed by atoms with van der Waals surface area (Å²) in [6.07, 6.45) is 0.897. The van der Waals surface area contributed by atoms with Gasteiger partial charge in [0.05, 0.1) is 5.92 Å². The third kappa shape index (κ3) is 3.85. The van der Waals surface area contributed by atoms with Gasteiger partial charge >= 0.3 is 0 Å². The maximum absolute atomic E-state index is 13.3. The van der Waals surface area contributed by atoms with E-state index in [9.17, 15) is 18.8 Å². The van der Waals surface area contributed by atoms with Gasteiger partial charge in [0, 0.05) is 44.4 Å². The van der Waals surface area contributed by atoms with Crippen LogP contribution in [0, 0.1) is 11.7 Å². The van der Waals surface area contributed by atoms with E-state index in [1.165, 1.54) is 12.1 Å². The van der Waals surface area contributed by atoms with Crippen molar-refractivity contribution in [3.8, 4) is 0 Å². The maximum atomic E-state index is 13.3. The molecule has 0 radical (unpaired) electrons. The number of amides is 3. The van der Waals surface area contributed by atoms with Gasteiger partial charge in [-0.25, -0.2) is 4.39 Å². The molecule has 1 atom stereocenters. The zero-order valence-electron chi connectivity index (χ0n) is 16.2. The molecule has 2 aromatic carbocycles. The number of nitrogens with one attached hydrogen (secondary N) is 1. The molecule has 0 bridgehead atoms. The lowest BCUT2D eigenvalue weighted by Gasteiger charge is -2.19. The second-order valence-electron chi connectivity index (χ2n) is 7.49. The number of carbonyl (C=O) groups excluding carboxylic acids is 3. The monoisotopic (exact) mass is 395 g/mol. The van der Waals surface area contributed by atoms with E-state index in [4.69, 9.17) is 0 Å². The third-order valence-electron chi connectivity index (χ3n) is 5.50. The van der Waals surface area contributed by atoms with Crippen LogP contribution in [0.2, 0.25) is 0 Å². The van der Waals surface area contributed by atoms with Crippen molar-refractivity contribution >= 4 is 29.1 Å². The summed E-state index contributed by atoms with van der Waals surface area (Å²) in [6.45, 7) is 2.72. The third-order valence-corrected chi connectivity index (χ3v) is 5.50. The molecule has 0 saturated carbocycles. The SMILES string of the molecule is CC(=O)N1CCc2cc(N3CC(C(=O)NCc4cccc(F)c4)CC3=O)ccc21. The van der Waals surface area contributed by atoms with E-state index < -0.39 is 5.92 Å². The Kier molecular flexibility index (Phi) is 5.05. The van der Waals surface area contributed by atoms with E-state index in [-0.39, 0.29) is 36.5 Å². The number of benzene rings is 2. The smallest absolute Gasteiger partial charge is 0.227 e. The number of nitrogens with zero attached hydrogens (tertiary/aromatic N) is 2. The van der Waals surface area contributed by atoms with Gasteiger partial charge in [-0.1, -0.05) is 12.1 Å². The molecule has 150 valence electrons. The number of rotatable bonds is 4. The van der Waals surface area contributed by atoms with E-state index in [0.29, 0.717) is 18.7 Å². The molecular formula is C22H22FN3O3. The van der Waals surface area contributed by atoms with Crippen LogP contribution in [0.1, 0.15) is 24.5 Å². The molecule has 2 aliphatic rings. The fourth-order valence-corrected chi connectivity index (χ4v) is 4.00. The Morgan fingerprint density at radius 1 is 1.21 bits per heavy atom. The Bertz CT molecular complexity index is 991. The van der Waals surface area contributed by atoms with Crippen molar-refractivity contribution in [3.63, 3.8) is 0 Å². The number of hydrogen-bond donors (Lipinski definition) is 1. The van der Waals surface area contributed by atoms with E-state index in [2.05, 4.69) is 5.32 Å². The molecule has 1 unspecified atom stereocenters. The molecule has 7 heteroatoms. The molecule has 2 aliphatic heterocycles. The molecule has 1 fully saturated rings. The molecule has 3 amide bonds. The first kappa shape index (κ1) is 19.1. The number of anilines is 2. The summed E-state index contributed by atoms with van der Waals surface area (Å²) in [4.78, 5) is 40.1. The van der Waals surface area contributed by atoms with Gasteiger partial charge in [-0.3, -0.25) is 14.4 Å². The van der Waals surface area contributed by atoms with E-state index in [1.54, 1.807) is 28.9 Å². The van der Waals surface area contributed by atoms with Crippen LogP contribution in [-0.4, -0.2) is 30.8 Å². The normalized spacial score (nSPS) is 18.1. The molecule has 2 heterocycles. The van der Waals surface area contributed by atoms with Gasteiger partial charge in [0.15, 0.2) is 0 Å². The average Bonchev–Trinajstić information content (AvgIpc) is 3.29. The van der Waals surface area contributed by atoms with Crippen molar-refractivity contribution in [1.82, 2.24) is 5.32 Å². The van der Waals surface area contributed by atoms with Gasteiger partial charge in [0.1, 0.15) is 5.82 Å². The summed E-state index contributed by atoms with van der Waals surface area (Å²) in [5.41, 5.74) is 3.34. The maximum Gasteiger partial charge on any atom is 0.227 e. The van der Waals surface area contributed by atoms with Crippen molar-refractivity contribution in [2.45, 2.75) is 26.3 Å². The molecule has 0 aliphatic carbocycles. The molecule has 6 nitrogen and oxygen atoms in total. The lowest BCUT2D eigenvalue weighted by molar-refractivity contribution is -0.126. The molecule has 1 saturated heterocycles. The van der Waals surface area contributed by atoms with Gasteiger partial charge in [-0.05, 0) is 47.9 Å². The Morgan fingerprint density at radius 2 is 2.03 bits per heavy atom. The topological polar surface area (TPSA) is 69.7 Å². The summed E-state index contributed by atoms with van der Waals surface area (Å²) >= 11 is 0. The largest absolute Gasteiger partial charge is 0.352 e. The Balaban J connectivity index is 1.42. The Labute approximate surface area is 168 Å². The first-order valence-electron chi connectivity index (χ1n) is 9.66. The van der Waals surface area contributed by atoms with Crippen LogP contribution in [-0.2, 0) is 27.3 Å². The predicted octanol–water partition coefficient (Wildman–Crippen LogP) is 2.40. The highest BCUT2D eigenvalue weighted by Gasteiger charge is 2.35. The highest BCUT2D eigenvalue weighted by atomic mass is 19.1. The van der Waals surface area contributed by atoms with Gasteiger partial charge in [-0.15, -0.1) is 0 Å². The van der Waals surface area contributed by atoms with Crippen molar-refractivity contribution in [2.75, 3.05) is 22.9 Å². The molecule has 2 aromatic rings. The fourth-order valence-electron chi connectivity index (χ4n) is 4.00. The van der Waals surface area contributed by atoms with E-state index in [0.717, 1.165) is 23.4 Å². The van der Waals surface area contributed by atoms with Gasteiger partial charge < -0.3 is 15.1 Å². The number of fused-ring (bicyclic) bond motifs is 1. The molecule has 0 spiro atoms. The predicted molar refractivity (Wildman–Crippen MR) is 107 cm³/mol. The number of carbonyl (C=O) groups is 3. The van der Waals surface area contributed by atoms with Gasteiger partial charge in [0.2, 0.25) is 17.7 Å². The lowest BCUT2D eigenvalue weighted by Crippen LogP contribution is -2.32. The number of hydrogen-bond acceptors (Lipinski definition) is 3. The second-order valence-corrected chi connectivity index (χ2v) is 7.49. The molecule has 29 heavy (non-hydrogen) atoms. The Hall–Kier alpha value is -3.22. The van der Waals surface area contributed by atoms with Crippen LogP contribution < -0.4 is 15.1 Å². The minimum Gasteiger partial charge on any atom is -0.352 e. The zero-order valence-corrected chi connectivity index (χ0v) is 16.2.